The highest BCUT2D eigenvalue weighted by Crippen LogP contribution is 2.39. The van der Waals surface area contributed by atoms with Crippen LogP contribution in [0.1, 0.15) is 39.2 Å². The van der Waals surface area contributed by atoms with Crippen molar-refractivity contribution in [1.29, 1.82) is 0 Å². The Morgan fingerprint density at radius 3 is 2.36 bits per heavy atom. The van der Waals surface area contributed by atoms with E-state index in [9.17, 15) is 9.59 Å². The maximum atomic E-state index is 12.1. The van der Waals surface area contributed by atoms with Crippen LogP contribution in [0, 0.1) is 0 Å². The second-order valence-corrected chi connectivity index (χ2v) is 6.27. The Labute approximate surface area is 162 Å². The topological polar surface area (TPSA) is 116 Å². The zero-order chi connectivity index (χ0) is 20.7. The normalized spacial score (nSPS) is 16.6. The van der Waals surface area contributed by atoms with E-state index in [2.05, 4.69) is 10.3 Å². The number of aromatic nitrogens is 1. The van der Waals surface area contributed by atoms with E-state index >= 15 is 0 Å². The molecule has 0 amide bonds. The van der Waals surface area contributed by atoms with Crippen LogP contribution >= 0.6 is 0 Å². The fourth-order valence-corrected chi connectivity index (χ4v) is 2.63. The van der Waals surface area contributed by atoms with Gasteiger partial charge in [0, 0.05) is 12.4 Å². The number of nitrogens with zero attached hydrogens (tertiary/aromatic N) is 1. The van der Waals surface area contributed by atoms with Crippen molar-refractivity contribution in [1.82, 2.24) is 10.3 Å². The summed E-state index contributed by atoms with van der Waals surface area (Å²) in [6, 6.07) is 3.48. The number of dihydropyridines is 1. The molecule has 28 heavy (non-hydrogen) atoms. The molecule has 2 rings (SSSR count). The Morgan fingerprint density at radius 2 is 1.82 bits per heavy atom. The number of aliphatic hydroxyl groups is 1. The highest BCUT2D eigenvalue weighted by molar-refractivity contribution is 5.65. The molecule has 9 nitrogen and oxygen atoms in total. The van der Waals surface area contributed by atoms with Gasteiger partial charge in [-0.15, -0.1) is 0 Å². The van der Waals surface area contributed by atoms with Gasteiger partial charge in [-0.05, 0) is 39.3 Å². The minimum Gasteiger partial charge on any atom is -0.432 e. The molecular weight excluding hydrogens is 368 g/mol. The van der Waals surface area contributed by atoms with E-state index in [1.165, 1.54) is 0 Å². The number of carbonyl (C=O) groups excluding carboxylic acids is 2. The number of ether oxygens (including phenoxy) is 4. The van der Waals surface area contributed by atoms with Crippen LogP contribution in [0.15, 0.2) is 47.4 Å². The molecule has 0 aromatic carbocycles. The first kappa shape index (κ1) is 21.2. The Bertz CT molecular complexity index is 772. The van der Waals surface area contributed by atoms with E-state index in [1.54, 1.807) is 52.2 Å². The average Bonchev–Trinajstić information content (AvgIpc) is 2.64. The van der Waals surface area contributed by atoms with Crippen LogP contribution in [0.2, 0.25) is 0 Å². The fourth-order valence-electron chi connectivity index (χ4n) is 2.63. The summed E-state index contributed by atoms with van der Waals surface area (Å²) in [6.07, 6.45) is 0.963. The van der Waals surface area contributed by atoms with Gasteiger partial charge in [-0.25, -0.2) is 9.59 Å². The second kappa shape index (κ2) is 9.75. The molecule has 0 fully saturated rings. The van der Waals surface area contributed by atoms with E-state index in [-0.39, 0.29) is 30.8 Å². The number of aliphatic hydroxyl groups excluding tert-OH is 1. The highest BCUT2D eigenvalue weighted by atomic mass is 16.7. The van der Waals surface area contributed by atoms with Gasteiger partial charge < -0.3 is 29.4 Å². The van der Waals surface area contributed by atoms with Crippen molar-refractivity contribution in [2.45, 2.75) is 39.7 Å². The smallest absolute Gasteiger partial charge is 0.432 e. The van der Waals surface area contributed by atoms with Crippen LogP contribution in [-0.4, -0.2) is 41.7 Å². The van der Waals surface area contributed by atoms with Crippen LogP contribution in [0.3, 0.4) is 0 Å². The summed E-state index contributed by atoms with van der Waals surface area (Å²) in [5.74, 6) is -0.320. The van der Waals surface area contributed by atoms with E-state index in [4.69, 9.17) is 24.1 Å². The highest BCUT2D eigenvalue weighted by Gasteiger charge is 2.35. The third kappa shape index (κ3) is 5.46. The molecule has 0 saturated carbocycles. The maximum absolute atomic E-state index is 12.1. The van der Waals surface area contributed by atoms with Crippen LogP contribution in [0.4, 0.5) is 9.59 Å². The molecule has 0 radical (unpaired) electrons. The first-order valence-corrected chi connectivity index (χ1v) is 8.75. The summed E-state index contributed by atoms with van der Waals surface area (Å²) in [5.41, 5.74) is 1.74. The number of nitrogens with one attached hydrogen (secondary N) is 1. The number of rotatable bonds is 6. The second-order valence-electron chi connectivity index (χ2n) is 6.27. The van der Waals surface area contributed by atoms with Crippen molar-refractivity contribution in [3.8, 4) is 0 Å². The Morgan fingerprint density at radius 1 is 1.18 bits per heavy atom. The van der Waals surface area contributed by atoms with E-state index in [0.717, 1.165) is 0 Å². The molecule has 9 heteroatoms. The minimum absolute atomic E-state index is 0.189. The lowest BCUT2D eigenvalue weighted by Gasteiger charge is -2.30. The van der Waals surface area contributed by atoms with Gasteiger partial charge in [-0.3, -0.25) is 4.98 Å². The molecule has 0 spiro atoms. The lowest BCUT2D eigenvalue weighted by atomic mass is 9.91. The summed E-state index contributed by atoms with van der Waals surface area (Å²) in [7, 11) is 0. The molecule has 1 aromatic rings. The molecule has 152 valence electrons. The summed E-state index contributed by atoms with van der Waals surface area (Å²) in [5, 5.41) is 11.8. The van der Waals surface area contributed by atoms with E-state index < -0.39 is 18.2 Å². The van der Waals surface area contributed by atoms with Gasteiger partial charge in [-0.1, -0.05) is 6.07 Å². The molecule has 1 aromatic heterocycles. The molecule has 1 unspecified atom stereocenters. The lowest BCUT2D eigenvalue weighted by Crippen LogP contribution is -2.29. The van der Waals surface area contributed by atoms with Crippen molar-refractivity contribution in [2.24, 2.45) is 0 Å². The third-order valence-electron chi connectivity index (χ3n) is 3.69. The van der Waals surface area contributed by atoms with Gasteiger partial charge >= 0.3 is 12.3 Å². The number of allylic oxidation sites excluding steroid dienone is 2. The Hall–Kier alpha value is -3.07. The van der Waals surface area contributed by atoms with Crippen molar-refractivity contribution in [3.63, 3.8) is 0 Å². The average molecular weight is 392 g/mol. The largest absolute Gasteiger partial charge is 0.513 e. The van der Waals surface area contributed by atoms with E-state index in [1.807, 2.05) is 0 Å². The quantitative estimate of drug-likeness (QED) is 0.705. The zero-order valence-electron chi connectivity index (χ0n) is 16.2. The van der Waals surface area contributed by atoms with Crippen LogP contribution in [-0.2, 0) is 18.9 Å². The molecule has 0 bridgehead atoms. The lowest BCUT2D eigenvalue weighted by molar-refractivity contribution is 0.0432. The van der Waals surface area contributed by atoms with Crippen molar-refractivity contribution >= 4 is 12.3 Å². The van der Waals surface area contributed by atoms with Crippen LogP contribution < -0.4 is 5.32 Å². The molecular formula is C19H24N2O7. The summed E-state index contributed by atoms with van der Waals surface area (Å²) in [6.45, 7) is 6.32. The van der Waals surface area contributed by atoms with Gasteiger partial charge in [0.2, 0.25) is 0 Å². The number of carbonyl (C=O) groups is 2. The predicted molar refractivity (Wildman–Crippen MR) is 97.7 cm³/mol. The number of hydrogen-bond donors (Lipinski definition) is 2. The monoisotopic (exact) mass is 392 g/mol. The molecule has 0 aliphatic carbocycles. The van der Waals surface area contributed by atoms with Gasteiger partial charge in [0.15, 0.2) is 0 Å². The minimum atomic E-state index is -0.984. The van der Waals surface area contributed by atoms with E-state index in [0.29, 0.717) is 17.0 Å². The van der Waals surface area contributed by atoms with Gasteiger partial charge in [0.1, 0.15) is 24.0 Å². The third-order valence-corrected chi connectivity index (χ3v) is 3.69. The fraction of sp³-hybridized carbons (Fsp3) is 0.421. The van der Waals surface area contributed by atoms with Gasteiger partial charge in [0.25, 0.3) is 0 Å². The first-order valence-electron chi connectivity index (χ1n) is 8.75. The number of hydrogen-bond acceptors (Lipinski definition) is 9. The summed E-state index contributed by atoms with van der Waals surface area (Å²) < 4.78 is 20.7. The SMILES string of the molecule is CC1=C(OC(=O)OCCO)C(c2cccnc2)C(OC(=O)OC(C)C)=C(C)N1. The maximum Gasteiger partial charge on any atom is 0.513 e. The standard InChI is InChI=1S/C19H24N2O7/c1-11(2)26-19(24)28-17-13(4)21-12(3)16(27-18(23)25-9-8-22)15(17)14-6-5-7-20-10-14/h5-7,10-11,15,21-22H,8-9H2,1-4H3. The molecule has 0 saturated heterocycles. The number of pyridine rings is 1. The van der Waals surface area contributed by atoms with Crippen molar-refractivity contribution in [2.75, 3.05) is 13.2 Å². The Balaban J connectivity index is 2.38. The summed E-state index contributed by atoms with van der Waals surface area (Å²) in [4.78, 5) is 28.2. The summed E-state index contributed by atoms with van der Waals surface area (Å²) >= 11 is 0. The Kier molecular flexibility index (Phi) is 7.39. The molecule has 1 atom stereocenters. The molecule has 2 heterocycles. The van der Waals surface area contributed by atoms with Crippen molar-refractivity contribution < 1.29 is 33.6 Å². The first-order chi connectivity index (χ1) is 13.3. The predicted octanol–water partition coefficient (Wildman–Crippen LogP) is 2.94. The van der Waals surface area contributed by atoms with Crippen molar-refractivity contribution in [3.05, 3.63) is 53.0 Å². The van der Waals surface area contributed by atoms with Gasteiger partial charge in [-0.2, -0.15) is 0 Å². The zero-order valence-corrected chi connectivity index (χ0v) is 16.2. The van der Waals surface area contributed by atoms with Gasteiger partial charge in [0.05, 0.1) is 24.1 Å². The molecule has 1 aliphatic heterocycles. The van der Waals surface area contributed by atoms with Crippen LogP contribution in [0.25, 0.3) is 0 Å². The van der Waals surface area contributed by atoms with Crippen LogP contribution in [0.5, 0.6) is 0 Å². The molecule has 1 aliphatic rings. The molecule has 2 N–H and O–H groups in total.